The van der Waals surface area contributed by atoms with Gasteiger partial charge >= 0.3 is 5.97 Å². The van der Waals surface area contributed by atoms with Crippen molar-refractivity contribution in [1.82, 2.24) is 19.1 Å². The predicted molar refractivity (Wildman–Crippen MR) is 117 cm³/mol. The van der Waals surface area contributed by atoms with Crippen molar-refractivity contribution in [2.75, 3.05) is 13.7 Å². The van der Waals surface area contributed by atoms with Crippen LogP contribution < -0.4 is 4.74 Å². The van der Waals surface area contributed by atoms with Crippen molar-refractivity contribution in [2.45, 2.75) is 63.6 Å². The molecule has 0 spiro atoms. The first-order chi connectivity index (χ1) is 14.6. The Balaban J connectivity index is 1.87. The van der Waals surface area contributed by atoms with Gasteiger partial charge in [-0.2, -0.15) is 9.40 Å². The smallest absolute Gasteiger partial charge is 0.327 e. The maximum atomic E-state index is 13.3. The summed E-state index contributed by atoms with van der Waals surface area (Å²) in [7, 11) is -2.26. The van der Waals surface area contributed by atoms with Crippen LogP contribution in [-0.4, -0.2) is 53.2 Å². The van der Waals surface area contributed by atoms with Crippen molar-refractivity contribution in [2.24, 2.45) is 0 Å². The number of rotatable bonds is 8. The molecule has 0 saturated carbocycles. The molecule has 1 atom stereocenters. The van der Waals surface area contributed by atoms with E-state index in [1.807, 2.05) is 13.8 Å². The third kappa shape index (κ3) is 5.09. The number of halogens is 1. The Morgan fingerprint density at radius 3 is 2.77 bits per heavy atom. The molecule has 3 rings (SSSR count). The van der Waals surface area contributed by atoms with Crippen LogP contribution >= 0.6 is 15.9 Å². The minimum absolute atomic E-state index is 0.0144. The summed E-state index contributed by atoms with van der Waals surface area (Å²) < 4.78 is 40.7. The van der Waals surface area contributed by atoms with Gasteiger partial charge in [-0.15, -0.1) is 0 Å². The Morgan fingerprint density at radius 2 is 2.13 bits per heavy atom. The van der Waals surface area contributed by atoms with Crippen LogP contribution in [0.1, 0.15) is 50.9 Å². The van der Waals surface area contributed by atoms with Gasteiger partial charge in [-0.05, 0) is 62.0 Å². The Labute approximate surface area is 190 Å². The van der Waals surface area contributed by atoms with Crippen LogP contribution in [0.5, 0.6) is 5.88 Å². The van der Waals surface area contributed by atoms with Gasteiger partial charge in [0.2, 0.25) is 15.9 Å². The first-order valence-corrected chi connectivity index (χ1v) is 12.4. The van der Waals surface area contributed by atoms with Gasteiger partial charge in [0.15, 0.2) is 0 Å². The lowest BCUT2D eigenvalue weighted by atomic mass is 9.93. The fourth-order valence-corrected chi connectivity index (χ4v) is 5.56. The number of aromatic nitrogens is 3. The van der Waals surface area contributed by atoms with E-state index in [0.717, 1.165) is 24.1 Å². The Kier molecular flexibility index (Phi) is 7.38. The van der Waals surface area contributed by atoms with E-state index in [-0.39, 0.29) is 29.6 Å². The van der Waals surface area contributed by atoms with Crippen molar-refractivity contribution in [1.29, 1.82) is 0 Å². The van der Waals surface area contributed by atoms with Gasteiger partial charge in [0, 0.05) is 18.3 Å². The maximum absolute atomic E-state index is 13.3. The van der Waals surface area contributed by atoms with E-state index in [1.54, 1.807) is 24.9 Å². The number of carbonyl (C=O) groups is 1. The predicted octanol–water partition coefficient (Wildman–Crippen LogP) is 3.09. The molecule has 31 heavy (non-hydrogen) atoms. The molecule has 11 heteroatoms. The molecule has 9 nitrogen and oxygen atoms in total. The van der Waals surface area contributed by atoms with E-state index in [1.165, 1.54) is 16.6 Å². The van der Waals surface area contributed by atoms with Gasteiger partial charge in [-0.25, -0.2) is 13.4 Å². The van der Waals surface area contributed by atoms with Gasteiger partial charge in [0.1, 0.15) is 11.4 Å². The highest BCUT2D eigenvalue weighted by molar-refractivity contribution is 9.10. The number of hydrogen-bond donors (Lipinski definition) is 0. The van der Waals surface area contributed by atoms with Crippen molar-refractivity contribution in [3.05, 3.63) is 34.2 Å². The van der Waals surface area contributed by atoms with Crippen molar-refractivity contribution in [3.63, 3.8) is 0 Å². The fourth-order valence-electron chi connectivity index (χ4n) is 3.63. The molecule has 0 bridgehead atoms. The van der Waals surface area contributed by atoms with E-state index >= 15 is 0 Å². The largest absolute Gasteiger partial charge is 0.474 e. The quantitative estimate of drug-likeness (QED) is 0.498. The number of pyridine rings is 1. The zero-order chi connectivity index (χ0) is 22.8. The average molecular weight is 515 g/mol. The summed E-state index contributed by atoms with van der Waals surface area (Å²) in [6.07, 6.45) is 5.06. The number of hydrogen-bond acceptors (Lipinski definition) is 7. The van der Waals surface area contributed by atoms with Crippen LogP contribution in [-0.2, 0) is 32.5 Å². The molecule has 0 aromatic carbocycles. The summed E-state index contributed by atoms with van der Waals surface area (Å²) >= 11 is 3.35. The Bertz CT molecular complexity index is 1050. The molecule has 0 radical (unpaired) electrons. The van der Waals surface area contributed by atoms with Crippen molar-refractivity contribution >= 4 is 31.9 Å². The van der Waals surface area contributed by atoms with Gasteiger partial charge in [0.05, 0.1) is 35.6 Å². The zero-order valence-corrected chi connectivity index (χ0v) is 20.4. The standard InChI is InChI=1S/C20H27BrN4O5S/c1-5-29-19(26)12-25-18-8-6-7-17(15(18)11-23-25)24(4)31(27,28)14-9-16(21)20(22-10-14)30-13(2)3/h9-11,13,17H,5-8,12H2,1-4H3/t17-/m1/s1. The molecule has 2 aromatic heterocycles. The number of ether oxygens (including phenoxy) is 2. The zero-order valence-electron chi connectivity index (χ0n) is 18.0. The molecule has 0 aliphatic heterocycles. The number of fused-ring (bicyclic) bond motifs is 1. The number of carbonyl (C=O) groups excluding carboxylic acids is 1. The monoisotopic (exact) mass is 514 g/mol. The summed E-state index contributed by atoms with van der Waals surface area (Å²) in [5.41, 5.74) is 1.68. The minimum Gasteiger partial charge on any atom is -0.474 e. The van der Waals surface area contributed by atoms with E-state index < -0.39 is 10.0 Å². The molecule has 170 valence electrons. The summed E-state index contributed by atoms with van der Waals surface area (Å²) in [5.74, 6) is -0.0204. The van der Waals surface area contributed by atoms with Crippen LogP contribution in [0.2, 0.25) is 0 Å². The molecule has 0 N–H and O–H groups in total. The van der Waals surface area contributed by atoms with Crippen LogP contribution in [0.4, 0.5) is 0 Å². The molecular formula is C20H27BrN4O5S. The molecule has 1 aliphatic carbocycles. The molecule has 0 unspecified atom stereocenters. The SMILES string of the molecule is CCOC(=O)Cn1ncc2c1CCC[C@H]2N(C)S(=O)(=O)c1cnc(OC(C)C)c(Br)c1. The van der Waals surface area contributed by atoms with Gasteiger partial charge in [-0.3, -0.25) is 9.48 Å². The maximum Gasteiger partial charge on any atom is 0.327 e. The first-order valence-electron chi connectivity index (χ1n) is 10.2. The lowest BCUT2D eigenvalue weighted by molar-refractivity contribution is -0.144. The average Bonchev–Trinajstić information content (AvgIpc) is 3.11. The van der Waals surface area contributed by atoms with E-state index in [0.29, 0.717) is 23.4 Å². The van der Waals surface area contributed by atoms with E-state index in [4.69, 9.17) is 9.47 Å². The third-order valence-electron chi connectivity index (χ3n) is 5.06. The number of esters is 1. The van der Waals surface area contributed by atoms with Gasteiger partial charge in [0.25, 0.3) is 0 Å². The molecular weight excluding hydrogens is 488 g/mol. The van der Waals surface area contributed by atoms with Crippen LogP contribution in [0, 0.1) is 0 Å². The highest BCUT2D eigenvalue weighted by atomic mass is 79.9. The van der Waals surface area contributed by atoms with Crippen LogP contribution in [0.25, 0.3) is 0 Å². The fraction of sp³-hybridized carbons (Fsp3) is 0.550. The summed E-state index contributed by atoms with van der Waals surface area (Å²) in [6.45, 7) is 5.81. The first kappa shape index (κ1) is 23.7. The molecule has 1 aliphatic rings. The summed E-state index contributed by atoms with van der Waals surface area (Å²) in [4.78, 5) is 16.1. The second kappa shape index (κ2) is 9.66. The third-order valence-corrected chi connectivity index (χ3v) is 7.46. The number of sulfonamides is 1. The number of nitrogens with zero attached hydrogens (tertiary/aromatic N) is 4. The van der Waals surface area contributed by atoms with E-state index in [2.05, 4.69) is 26.0 Å². The second-order valence-electron chi connectivity index (χ2n) is 7.56. The molecule has 0 fully saturated rings. The van der Waals surface area contributed by atoms with Crippen molar-refractivity contribution in [3.8, 4) is 5.88 Å². The Hall–Kier alpha value is -1.98. The summed E-state index contributed by atoms with van der Waals surface area (Å²) in [6, 6.07) is 1.12. The van der Waals surface area contributed by atoms with E-state index in [9.17, 15) is 13.2 Å². The topological polar surface area (TPSA) is 104 Å². The highest BCUT2D eigenvalue weighted by Gasteiger charge is 2.34. The Morgan fingerprint density at radius 1 is 1.39 bits per heavy atom. The second-order valence-corrected chi connectivity index (χ2v) is 10.4. The molecule has 0 saturated heterocycles. The summed E-state index contributed by atoms with van der Waals surface area (Å²) in [5, 5.41) is 4.32. The highest BCUT2D eigenvalue weighted by Crippen LogP contribution is 2.37. The molecule has 0 amide bonds. The van der Waals surface area contributed by atoms with Gasteiger partial charge < -0.3 is 9.47 Å². The lowest BCUT2D eigenvalue weighted by Crippen LogP contribution is -2.33. The lowest BCUT2D eigenvalue weighted by Gasteiger charge is -2.31. The molecule has 2 aromatic rings. The van der Waals surface area contributed by atoms with Crippen LogP contribution in [0.3, 0.4) is 0 Å². The van der Waals surface area contributed by atoms with Gasteiger partial charge in [-0.1, -0.05) is 0 Å². The normalized spacial score (nSPS) is 16.4. The van der Waals surface area contributed by atoms with Crippen molar-refractivity contribution < 1.29 is 22.7 Å². The minimum atomic E-state index is -3.81. The molecule has 2 heterocycles. The van der Waals surface area contributed by atoms with Crippen LogP contribution in [0.15, 0.2) is 27.8 Å².